The fraction of sp³-hybridized carbons (Fsp3) is 0.143. The first-order chi connectivity index (χ1) is 22.3. The average molecular weight is 598 g/mol. The lowest BCUT2D eigenvalue weighted by Crippen LogP contribution is -2.41. The van der Waals surface area contributed by atoms with Gasteiger partial charge < -0.3 is 13.9 Å². The molecule has 1 saturated heterocycles. The monoisotopic (exact) mass is 597 g/mol. The van der Waals surface area contributed by atoms with Crippen LogP contribution in [-0.2, 0) is 9.31 Å². The molecule has 46 heavy (non-hydrogen) atoms. The van der Waals surface area contributed by atoms with E-state index in [0.29, 0.717) is 0 Å². The highest BCUT2D eigenvalue weighted by atomic mass is 16.7. The Morgan fingerprint density at radius 3 is 1.59 bits per heavy atom. The minimum absolute atomic E-state index is 0.415. The highest BCUT2D eigenvalue weighted by molar-refractivity contribution is 6.62. The maximum atomic E-state index is 6.51. The molecule has 1 aromatic heterocycles. The van der Waals surface area contributed by atoms with Gasteiger partial charge in [-0.25, -0.2) is 0 Å². The number of hydrogen-bond donors (Lipinski definition) is 0. The first-order valence-corrected chi connectivity index (χ1v) is 16.0. The second-order valence-corrected chi connectivity index (χ2v) is 13.3. The van der Waals surface area contributed by atoms with Gasteiger partial charge in [-0.05, 0) is 91.3 Å². The molecule has 0 bridgehead atoms. The van der Waals surface area contributed by atoms with Gasteiger partial charge in [-0.2, -0.15) is 0 Å². The number of rotatable bonds is 5. The first-order valence-electron chi connectivity index (χ1n) is 16.0. The molecule has 3 nitrogen and oxygen atoms in total. The van der Waals surface area contributed by atoms with Gasteiger partial charge in [-0.1, -0.05) is 115 Å². The molecule has 6 aromatic carbocycles. The molecule has 2 heterocycles. The number of aromatic nitrogens is 1. The van der Waals surface area contributed by atoms with Gasteiger partial charge in [-0.15, -0.1) is 0 Å². The van der Waals surface area contributed by atoms with Gasteiger partial charge in [0.15, 0.2) is 0 Å². The lowest BCUT2D eigenvalue weighted by Gasteiger charge is -2.32. The molecule has 0 unspecified atom stereocenters. The molecule has 0 aliphatic carbocycles. The van der Waals surface area contributed by atoms with Crippen molar-refractivity contribution in [2.24, 2.45) is 0 Å². The van der Waals surface area contributed by atoms with Gasteiger partial charge in [0, 0.05) is 22.0 Å². The van der Waals surface area contributed by atoms with E-state index < -0.39 is 18.3 Å². The van der Waals surface area contributed by atoms with Crippen LogP contribution in [0.3, 0.4) is 0 Å². The molecule has 0 amide bonds. The van der Waals surface area contributed by atoms with Gasteiger partial charge in [0.2, 0.25) is 0 Å². The van der Waals surface area contributed by atoms with Crippen molar-refractivity contribution < 1.29 is 9.31 Å². The molecule has 0 radical (unpaired) electrons. The molecule has 1 fully saturated rings. The van der Waals surface area contributed by atoms with E-state index in [9.17, 15) is 0 Å². The van der Waals surface area contributed by atoms with Crippen LogP contribution in [0.2, 0.25) is 0 Å². The third-order valence-corrected chi connectivity index (χ3v) is 9.84. The molecule has 8 rings (SSSR count). The Bertz CT molecular complexity index is 2170. The Kier molecular flexibility index (Phi) is 6.75. The summed E-state index contributed by atoms with van der Waals surface area (Å²) in [6, 6.07) is 52.2. The first kappa shape index (κ1) is 28.6. The second kappa shape index (κ2) is 10.9. The Morgan fingerprint density at radius 2 is 1.00 bits per heavy atom. The maximum Gasteiger partial charge on any atom is 0.494 e. The summed E-state index contributed by atoms with van der Waals surface area (Å²) in [5.74, 6) is 0. The average Bonchev–Trinajstić information content (AvgIpc) is 3.53. The number of hydrogen-bond acceptors (Lipinski definition) is 2. The SMILES string of the molecule is CC1(C)OB(c2ccc3c(c2)c2cc(-c4ccccc4)cc(-c4ccccc4)c2n3-c2ccc(-c3ccccc3)cc2)OC1(C)C. The van der Waals surface area contributed by atoms with E-state index in [0.717, 1.165) is 16.7 Å². The van der Waals surface area contributed by atoms with Crippen LogP contribution < -0.4 is 5.46 Å². The van der Waals surface area contributed by atoms with Gasteiger partial charge >= 0.3 is 7.12 Å². The van der Waals surface area contributed by atoms with Crippen LogP contribution in [0.4, 0.5) is 0 Å². The normalized spacial score (nSPS) is 15.5. The Labute approximate surface area is 271 Å². The lowest BCUT2D eigenvalue weighted by molar-refractivity contribution is 0.00578. The van der Waals surface area contributed by atoms with Crippen molar-refractivity contribution in [2.75, 3.05) is 0 Å². The molecule has 1 aliphatic rings. The summed E-state index contributed by atoms with van der Waals surface area (Å²) in [6.45, 7) is 8.42. The quantitative estimate of drug-likeness (QED) is 0.184. The topological polar surface area (TPSA) is 23.4 Å². The predicted octanol–water partition coefficient (Wildman–Crippen LogP) is 10.1. The fourth-order valence-corrected chi connectivity index (χ4v) is 6.63. The lowest BCUT2D eigenvalue weighted by atomic mass is 9.78. The third-order valence-electron chi connectivity index (χ3n) is 9.84. The molecular weight excluding hydrogens is 561 g/mol. The van der Waals surface area contributed by atoms with Gasteiger partial charge in [0.05, 0.1) is 22.2 Å². The van der Waals surface area contributed by atoms with E-state index in [1.807, 2.05) is 0 Å². The van der Waals surface area contributed by atoms with Crippen LogP contribution in [0.25, 0.3) is 60.9 Å². The van der Waals surface area contributed by atoms with Crippen molar-refractivity contribution in [3.8, 4) is 39.1 Å². The highest BCUT2D eigenvalue weighted by Gasteiger charge is 2.51. The van der Waals surface area contributed by atoms with Crippen LogP contribution in [0.1, 0.15) is 27.7 Å². The summed E-state index contributed by atoms with van der Waals surface area (Å²) in [6.07, 6.45) is 0. The van der Waals surface area contributed by atoms with Crippen molar-refractivity contribution >= 4 is 34.4 Å². The van der Waals surface area contributed by atoms with E-state index in [2.05, 4.69) is 178 Å². The van der Waals surface area contributed by atoms with E-state index >= 15 is 0 Å². The maximum absolute atomic E-state index is 6.51. The van der Waals surface area contributed by atoms with E-state index in [4.69, 9.17) is 9.31 Å². The van der Waals surface area contributed by atoms with Crippen molar-refractivity contribution in [1.82, 2.24) is 4.57 Å². The summed E-state index contributed by atoms with van der Waals surface area (Å²) >= 11 is 0. The molecule has 7 aromatic rings. The highest BCUT2D eigenvalue weighted by Crippen LogP contribution is 2.42. The summed E-state index contributed by atoms with van der Waals surface area (Å²) in [5.41, 5.74) is 10.8. The third kappa shape index (κ3) is 4.77. The molecule has 4 heteroatoms. The van der Waals surface area contributed by atoms with Crippen LogP contribution >= 0.6 is 0 Å². The minimum Gasteiger partial charge on any atom is -0.399 e. The standard InChI is InChI=1S/C42H36BNO2/c1-41(2)42(3,4)46-43(45-41)34-22-25-39-37(28-34)38-27-33(30-16-10-6-11-17-30)26-36(32-18-12-7-13-19-32)40(38)44(39)35-23-20-31(21-24-35)29-14-8-5-9-15-29/h5-28H,1-4H3. The number of nitrogens with zero attached hydrogens (tertiary/aromatic N) is 1. The summed E-state index contributed by atoms with van der Waals surface area (Å²) in [4.78, 5) is 0. The Balaban J connectivity index is 1.41. The molecule has 224 valence electrons. The van der Waals surface area contributed by atoms with Crippen molar-refractivity contribution in [3.05, 3.63) is 146 Å². The van der Waals surface area contributed by atoms with Crippen LogP contribution in [0.5, 0.6) is 0 Å². The van der Waals surface area contributed by atoms with Gasteiger partial charge in [0.1, 0.15) is 0 Å². The molecule has 1 aliphatic heterocycles. The van der Waals surface area contributed by atoms with Crippen LogP contribution in [-0.4, -0.2) is 22.9 Å². The molecular formula is C42H36BNO2. The Morgan fingerprint density at radius 1 is 0.478 bits per heavy atom. The summed E-state index contributed by atoms with van der Waals surface area (Å²) in [7, 11) is -0.441. The largest absolute Gasteiger partial charge is 0.494 e. The molecule has 0 spiro atoms. The van der Waals surface area contributed by atoms with Crippen molar-refractivity contribution in [2.45, 2.75) is 38.9 Å². The predicted molar refractivity (Wildman–Crippen MR) is 193 cm³/mol. The van der Waals surface area contributed by atoms with Crippen LogP contribution in [0.15, 0.2) is 146 Å². The van der Waals surface area contributed by atoms with Crippen LogP contribution in [0, 0.1) is 0 Å². The smallest absolute Gasteiger partial charge is 0.399 e. The number of benzene rings is 6. The fourth-order valence-electron chi connectivity index (χ4n) is 6.63. The van der Waals surface area contributed by atoms with E-state index in [1.165, 1.54) is 49.7 Å². The van der Waals surface area contributed by atoms with E-state index in [1.54, 1.807) is 0 Å². The molecule has 0 N–H and O–H groups in total. The van der Waals surface area contributed by atoms with Gasteiger partial charge in [-0.3, -0.25) is 0 Å². The zero-order chi connectivity index (χ0) is 31.5. The van der Waals surface area contributed by atoms with Gasteiger partial charge in [0.25, 0.3) is 0 Å². The zero-order valence-corrected chi connectivity index (χ0v) is 26.7. The molecule has 0 atom stereocenters. The van der Waals surface area contributed by atoms with Crippen molar-refractivity contribution in [3.63, 3.8) is 0 Å². The number of fused-ring (bicyclic) bond motifs is 3. The summed E-state index contributed by atoms with van der Waals surface area (Å²) < 4.78 is 15.5. The summed E-state index contributed by atoms with van der Waals surface area (Å²) in [5, 5.41) is 2.37. The Hall–Kier alpha value is -4.90. The molecule has 0 saturated carbocycles. The minimum atomic E-state index is -0.441. The van der Waals surface area contributed by atoms with Crippen molar-refractivity contribution in [1.29, 1.82) is 0 Å². The second-order valence-electron chi connectivity index (χ2n) is 13.3. The zero-order valence-electron chi connectivity index (χ0n) is 26.7. The van der Waals surface area contributed by atoms with E-state index in [-0.39, 0.29) is 0 Å².